The molecule has 4 N–H and O–H groups in total. The number of aliphatic hydroxyl groups is 1. The molecule has 248 valence electrons. The Morgan fingerprint density at radius 1 is 1.02 bits per heavy atom. The minimum absolute atomic E-state index is 0.0264. The number of nitrogens with one attached hydrogen (secondary N) is 1. The molecule has 4 aliphatic rings. The maximum atomic E-state index is 12.4. The third kappa shape index (κ3) is 6.50. The van der Waals surface area contributed by atoms with Gasteiger partial charge < -0.3 is 10.4 Å². The lowest BCUT2D eigenvalue weighted by molar-refractivity contribution is -0.167. The number of hydrogen-bond donors (Lipinski definition) is 4. The molecule has 4 aliphatic carbocycles. The fourth-order valence-electron chi connectivity index (χ4n) is 10.8. The number of carbonyl (C=O) groups is 1. The molecule has 0 bridgehead atoms. The van der Waals surface area contributed by atoms with Gasteiger partial charge >= 0.3 is 0 Å². The molecule has 0 spiro atoms. The van der Waals surface area contributed by atoms with E-state index in [1.165, 1.54) is 6.07 Å². The van der Waals surface area contributed by atoms with Crippen LogP contribution in [0.3, 0.4) is 0 Å². The van der Waals surface area contributed by atoms with Crippen LogP contribution in [0.5, 0.6) is 0 Å². The van der Waals surface area contributed by atoms with Crippen LogP contribution in [0, 0.1) is 53.3 Å². The van der Waals surface area contributed by atoms with Crippen molar-refractivity contribution in [3.63, 3.8) is 0 Å². The summed E-state index contributed by atoms with van der Waals surface area (Å²) < 4.78 is 65.5. The number of amides is 1. The van der Waals surface area contributed by atoms with Gasteiger partial charge in [-0.25, -0.2) is 0 Å². The second kappa shape index (κ2) is 12.2. The highest BCUT2D eigenvalue weighted by Gasteiger charge is 2.63. The topological polar surface area (TPSA) is 158 Å². The van der Waals surface area contributed by atoms with E-state index in [2.05, 4.69) is 26.1 Å². The molecule has 9 nitrogen and oxygen atoms in total. The van der Waals surface area contributed by atoms with E-state index < -0.39 is 26.0 Å². The van der Waals surface area contributed by atoms with Gasteiger partial charge in [0.05, 0.1) is 16.8 Å². The highest BCUT2D eigenvalue weighted by atomic mass is 32.2. The summed E-state index contributed by atoms with van der Waals surface area (Å²) >= 11 is 0. The van der Waals surface area contributed by atoms with Gasteiger partial charge in [0, 0.05) is 13.0 Å². The molecule has 1 amide bonds. The van der Waals surface area contributed by atoms with Crippen molar-refractivity contribution in [3.8, 4) is 0 Å². The summed E-state index contributed by atoms with van der Waals surface area (Å²) in [7, 11) is -8.44. The largest absolute Gasteiger partial charge is 0.393 e. The molecule has 1 aromatic carbocycles. The molecule has 5 rings (SSSR count). The summed E-state index contributed by atoms with van der Waals surface area (Å²) in [4.78, 5) is 12.4. The molecular weight excluding hydrogens is 602 g/mol. The lowest BCUT2D eigenvalue weighted by Gasteiger charge is -2.63. The van der Waals surface area contributed by atoms with Crippen molar-refractivity contribution < 1.29 is 35.8 Å². The first-order valence-corrected chi connectivity index (χ1v) is 19.5. The van der Waals surface area contributed by atoms with Crippen LogP contribution >= 0.6 is 0 Å². The Morgan fingerprint density at radius 2 is 1.73 bits per heavy atom. The predicted octanol–water partition coefficient (Wildman–Crippen LogP) is 5.38. The lowest BCUT2D eigenvalue weighted by atomic mass is 9.43. The Labute approximate surface area is 263 Å². The number of carbonyl (C=O) groups excluding carboxylic acids is 1. The van der Waals surface area contributed by atoms with Crippen molar-refractivity contribution in [2.45, 2.75) is 109 Å². The Bertz CT molecular complexity index is 1460. The Morgan fingerprint density at radius 3 is 2.41 bits per heavy atom. The van der Waals surface area contributed by atoms with Crippen LogP contribution in [0.25, 0.3) is 0 Å². The number of hydrogen-bond acceptors (Lipinski definition) is 6. The summed E-state index contributed by atoms with van der Waals surface area (Å²) in [5, 5.41) is 14.3. The summed E-state index contributed by atoms with van der Waals surface area (Å²) in [5.41, 5.74) is 1.74. The Hall–Kier alpha value is -1.53. The monoisotopic (exact) mass is 653 g/mol. The molecular formula is C33H51NO8S2. The van der Waals surface area contributed by atoms with Gasteiger partial charge in [-0.2, -0.15) is 16.8 Å². The van der Waals surface area contributed by atoms with Crippen LogP contribution in [0.1, 0.15) is 102 Å². The van der Waals surface area contributed by atoms with Gasteiger partial charge in [0.2, 0.25) is 5.91 Å². The number of rotatable bonds is 9. The van der Waals surface area contributed by atoms with Gasteiger partial charge in [-0.3, -0.25) is 13.9 Å². The van der Waals surface area contributed by atoms with Gasteiger partial charge in [0.25, 0.3) is 20.2 Å². The molecule has 0 heterocycles. The minimum atomic E-state index is -4.34. The quantitative estimate of drug-likeness (QED) is 0.259. The van der Waals surface area contributed by atoms with E-state index in [-0.39, 0.29) is 46.1 Å². The zero-order valence-electron chi connectivity index (χ0n) is 26.5. The molecule has 1 aromatic rings. The van der Waals surface area contributed by atoms with Crippen molar-refractivity contribution in [2.75, 3.05) is 12.3 Å². The second-order valence-electron chi connectivity index (χ2n) is 15.2. The number of aryl methyl sites for hydroxylation is 1. The summed E-state index contributed by atoms with van der Waals surface area (Å²) in [5.74, 6) is 1.38. The predicted molar refractivity (Wildman–Crippen MR) is 168 cm³/mol. The van der Waals surface area contributed by atoms with Gasteiger partial charge in [-0.15, -0.1) is 0 Å². The summed E-state index contributed by atoms with van der Waals surface area (Å²) in [6, 6.07) is 5.21. The highest BCUT2D eigenvalue weighted by molar-refractivity contribution is 7.86. The average Bonchev–Trinajstić information content (AvgIpc) is 3.27. The fraction of sp³-hybridized carbons (Fsp3) is 0.788. The van der Waals surface area contributed by atoms with Crippen molar-refractivity contribution in [3.05, 3.63) is 29.3 Å². The normalized spacial score (nSPS) is 37.8. The van der Waals surface area contributed by atoms with Gasteiger partial charge in [-0.1, -0.05) is 38.5 Å². The third-order valence-corrected chi connectivity index (χ3v) is 14.4. The molecule has 2 unspecified atom stereocenters. The fourth-order valence-corrected chi connectivity index (χ4v) is 11.9. The maximum absolute atomic E-state index is 12.4. The molecule has 0 radical (unpaired) electrons. The van der Waals surface area contributed by atoms with Crippen LogP contribution in [0.15, 0.2) is 23.1 Å². The van der Waals surface area contributed by atoms with E-state index in [1.54, 1.807) is 6.07 Å². The number of fused-ring (bicyclic) bond motifs is 5. The molecule has 10 atom stereocenters. The van der Waals surface area contributed by atoms with E-state index in [0.29, 0.717) is 42.4 Å². The third-order valence-electron chi connectivity index (χ3n) is 12.8. The maximum Gasteiger partial charge on any atom is 0.294 e. The molecule has 4 fully saturated rings. The standard InChI is InChI=1S/C33H51NO8S2/c1-20-5-11-29(44(40,41)42)24(17-20)22-7-8-23-18-28(35)31-26-10-9-25(32(26,3)14-13-27(31)33(23,4)19-22)21(2)6-12-30(36)34-15-16-43(37,38)39/h5,11,17,21-23,25-28,31,35H,6-10,12-16,18-19H2,1-4H3,(H,34,36)(H,37,38,39)(H,40,41,42)/t21-,22?,23?,25-,26+,27+,28+,31+,32-,33+/m1/s1. The van der Waals surface area contributed by atoms with Crippen LogP contribution in [0.2, 0.25) is 0 Å². The minimum Gasteiger partial charge on any atom is -0.393 e. The Balaban J connectivity index is 1.31. The first kappa shape index (κ1) is 33.8. The van der Waals surface area contributed by atoms with Crippen molar-refractivity contribution in [2.24, 2.45) is 46.3 Å². The highest BCUT2D eigenvalue weighted by Crippen LogP contribution is 2.69. The van der Waals surface area contributed by atoms with Gasteiger partial charge in [-0.05, 0) is 129 Å². The zero-order valence-corrected chi connectivity index (χ0v) is 28.2. The van der Waals surface area contributed by atoms with Crippen LogP contribution < -0.4 is 5.32 Å². The van der Waals surface area contributed by atoms with Crippen molar-refractivity contribution in [1.29, 1.82) is 0 Å². The molecule has 4 saturated carbocycles. The lowest BCUT2D eigenvalue weighted by Crippen LogP contribution is -2.58. The number of benzene rings is 1. The molecule has 0 aliphatic heterocycles. The molecule has 0 aromatic heterocycles. The van der Waals surface area contributed by atoms with E-state index in [9.17, 15) is 31.3 Å². The van der Waals surface area contributed by atoms with E-state index in [0.717, 1.165) is 62.5 Å². The summed E-state index contributed by atoms with van der Waals surface area (Å²) in [6.07, 6.45) is 8.28. The average molecular weight is 654 g/mol. The van der Waals surface area contributed by atoms with Gasteiger partial charge in [0.1, 0.15) is 0 Å². The second-order valence-corrected chi connectivity index (χ2v) is 18.1. The van der Waals surface area contributed by atoms with Crippen molar-refractivity contribution >= 4 is 26.1 Å². The van der Waals surface area contributed by atoms with Crippen molar-refractivity contribution in [1.82, 2.24) is 5.32 Å². The van der Waals surface area contributed by atoms with Crippen LogP contribution in [0.4, 0.5) is 0 Å². The Kier molecular flexibility index (Phi) is 9.41. The molecule has 0 saturated heterocycles. The van der Waals surface area contributed by atoms with Crippen LogP contribution in [-0.4, -0.2) is 55.4 Å². The first-order chi connectivity index (χ1) is 20.4. The van der Waals surface area contributed by atoms with E-state index in [4.69, 9.17) is 4.55 Å². The van der Waals surface area contributed by atoms with Crippen LogP contribution in [-0.2, 0) is 25.0 Å². The summed E-state index contributed by atoms with van der Waals surface area (Å²) in [6.45, 7) is 8.84. The van der Waals surface area contributed by atoms with E-state index >= 15 is 0 Å². The van der Waals surface area contributed by atoms with Gasteiger partial charge in [0.15, 0.2) is 0 Å². The smallest absolute Gasteiger partial charge is 0.294 e. The van der Waals surface area contributed by atoms with E-state index in [1.807, 2.05) is 13.0 Å². The SMILES string of the molecule is Cc1ccc(S(=O)(=O)O)c(C2CCC3C[C@H](O)[C@H]4[C@@H]5CC[C@H]([C@H](C)CCC(=O)NCCS(=O)(=O)O)[C@@]5(C)CC[C@@H]4[C@@]3(C)C2)c1. The zero-order chi connectivity index (χ0) is 32.2. The molecule has 44 heavy (non-hydrogen) atoms. The first-order valence-electron chi connectivity index (χ1n) is 16.4. The number of aliphatic hydroxyl groups excluding tert-OH is 1. The molecule has 11 heteroatoms.